The molecule has 5 nitrogen and oxygen atoms in total. The van der Waals surface area contributed by atoms with Gasteiger partial charge in [-0.3, -0.25) is 0 Å². The third kappa shape index (κ3) is 4.54. The Labute approximate surface area is 119 Å². The van der Waals surface area contributed by atoms with Crippen LogP contribution in [0.5, 0.6) is 0 Å². The van der Waals surface area contributed by atoms with Crippen LogP contribution in [0, 0.1) is 0 Å². The molecule has 6 heteroatoms. The minimum atomic E-state index is 0.808. The summed E-state index contributed by atoms with van der Waals surface area (Å²) in [6.45, 7) is 7.46. The topological polar surface area (TPSA) is 53.1 Å². The second-order valence-electron chi connectivity index (χ2n) is 4.63. The molecular weight excluding hydrogens is 258 g/mol. The van der Waals surface area contributed by atoms with Gasteiger partial charge in [-0.2, -0.15) is 0 Å². The van der Waals surface area contributed by atoms with Gasteiger partial charge in [0.15, 0.2) is 5.16 Å². The van der Waals surface area contributed by atoms with Crippen LogP contribution >= 0.6 is 11.8 Å². The molecule has 19 heavy (non-hydrogen) atoms. The Hall–Kier alpha value is -1.01. The smallest absolute Gasteiger partial charge is 0.191 e. The standard InChI is InChI=1S/C13H23N5S/c1-3-14-11-10-12(17-13(16-11)19-2)15-6-9-18-7-4-5-8-18/h10H,3-9H2,1-2H3,(H2,14,15,16,17). The third-order valence-electron chi connectivity index (χ3n) is 3.18. The van der Waals surface area contributed by atoms with E-state index >= 15 is 0 Å². The van der Waals surface area contributed by atoms with Gasteiger partial charge in [0.2, 0.25) is 0 Å². The van der Waals surface area contributed by atoms with E-state index in [1.54, 1.807) is 11.8 Å². The summed E-state index contributed by atoms with van der Waals surface area (Å²) in [5, 5.41) is 7.45. The lowest BCUT2D eigenvalue weighted by Crippen LogP contribution is -2.26. The molecule has 1 saturated heterocycles. The maximum atomic E-state index is 4.48. The van der Waals surface area contributed by atoms with Crippen LogP contribution in [0.4, 0.5) is 11.6 Å². The molecule has 2 rings (SSSR count). The molecule has 0 aromatic carbocycles. The largest absolute Gasteiger partial charge is 0.370 e. The lowest BCUT2D eigenvalue weighted by atomic mass is 10.4. The first kappa shape index (κ1) is 14.4. The molecule has 106 valence electrons. The molecule has 0 saturated carbocycles. The molecule has 2 heterocycles. The van der Waals surface area contributed by atoms with Crippen molar-refractivity contribution in [3.63, 3.8) is 0 Å². The van der Waals surface area contributed by atoms with Crippen LogP contribution in [0.2, 0.25) is 0 Å². The molecule has 0 radical (unpaired) electrons. The predicted octanol–water partition coefficient (Wildman–Crippen LogP) is 2.14. The number of thioether (sulfide) groups is 1. The lowest BCUT2D eigenvalue weighted by Gasteiger charge is -2.15. The number of anilines is 2. The van der Waals surface area contributed by atoms with Crippen molar-refractivity contribution in [2.75, 3.05) is 49.6 Å². The molecule has 1 aromatic heterocycles. The van der Waals surface area contributed by atoms with Gasteiger partial charge in [-0.25, -0.2) is 9.97 Å². The van der Waals surface area contributed by atoms with Crippen LogP contribution in [0.25, 0.3) is 0 Å². The van der Waals surface area contributed by atoms with Gasteiger partial charge in [-0.05, 0) is 39.1 Å². The second kappa shape index (κ2) is 7.55. The molecule has 0 atom stereocenters. The van der Waals surface area contributed by atoms with Crippen LogP contribution in [0.3, 0.4) is 0 Å². The van der Waals surface area contributed by atoms with E-state index < -0.39 is 0 Å². The molecule has 0 aliphatic carbocycles. The van der Waals surface area contributed by atoms with Crippen molar-refractivity contribution in [3.05, 3.63) is 6.07 Å². The van der Waals surface area contributed by atoms with Gasteiger partial charge in [0.05, 0.1) is 0 Å². The minimum absolute atomic E-state index is 0.808. The monoisotopic (exact) mass is 281 g/mol. The Kier molecular flexibility index (Phi) is 5.72. The molecule has 1 aliphatic heterocycles. The van der Waals surface area contributed by atoms with E-state index in [4.69, 9.17) is 0 Å². The SMILES string of the molecule is CCNc1cc(NCCN2CCCC2)nc(SC)n1. The molecule has 0 unspecified atom stereocenters. The number of hydrogen-bond acceptors (Lipinski definition) is 6. The van der Waals surface area contributed by atoms with Crippen molar-refractivity contribution in [3.8, 4) is 0 Å². The van der Waals surface area contributed by atoms with E-state index in [-0.39, 0.29) is 0 Å². The van der Waals surface area contributed by atoms with Crippen molar-refractivity contribution in [1.82, 2.24) is 14.9 Å². The highest BCUT2D eigenvalue weighted by atomic mass is 32.2. The Morgan fingerprint density at radius 3 is 2.53 bits per heavy atom. The zero-order chi connectivity index (χ0) is 13.5. The minimum Gasteiger partial charge on any atom is -0.370 e. The fraction of sp³-hybridized carbons (Fsp3) is 0.692. The summed E-state index contributed by atoms with van der Waals surface area (Å²) in [5.41, 5.74) is 0. The van der Waals surface area contributed by atoms with E-state index in [1.165, 1.54) is 25.9 Å². The highest BCUT2D eigenvalue weighted by Gasteiger charge is 2.10. The van der Waals surface area contributed by atoms with Gasteiger partial charge >= 0.3 is 0 Å². The van der Waals surface area contributed by atoms with Crippen molar-refractivity contribution in [1.29, 1.82) is 0 Å². The average Bonchev–Trinajstić information content (AvgIpc) is 2.92. The van der Waals surface area contributed by atoms with E-state index in [0.717, 1.165) is 36.4 Å². The zero-order valence-corrected chi connectivity index (χ0v) is 12.6. The Morgan fingerprint density at radius 1 is 1.21 bits per heavy atom. The molecule has 1 aromatic rings. The van der Waals surface area contributed by atoms with Crippen LogP contribution in [-0.4, -0.2) is 53.8 Å². The van der Waals surface area contributed by atoms with E-state index in [2.05, 4.69) is 32.4 Å². The number of nitrogens with one attached hydrogen (secondary N) is 2. The van der Waals surface area contributed by atoms with Gasteiger partial charge in [0.1, 0.15) is 11.6 Å². The molecule has 0 spiro atoms. The summed E-state index contributed by atoms with van der Waals surface area (Å²) < 4.78 is 0. The molecular formula is C13H23N5S. The molecule has 1 aliphatic rings. The van der Waals surface area contributed by atoms with E-state index in [9.17, 15) is 0 Å². The first-order valence-corrected chi connectivity index (χ1v) is 8.17. The highest BCUT2D eigenvalue weighted by Crippen LogP contribution is 2.17. The first-order valence-electron chi connectivity index (χ1n) is 6.95. The quantitative estimate of drug-likeness (QED) is 0.590. The second-order valence-corrected chi connectivity index (χ2v) is 5.40. The Balaban J connectivity index is 1.88. The summed E-state index contributed by atoms with van der Waals surface area (Å²) in [6, 6.07) is 1.98. The Bertz CT molecular complexity index is 393. The van der Waals surface area contributed by atoms with Crippen molar-refractivity contribution < 1.29 is 0 Å². The summed E-state index contributed by atoms with van der Waals surface area (Å²) in [6.07, 6.45) is 4.68. The van der Waals surface area contributed by atoms with Gasteiger partial charge < -0.3 is 15.5 Å². The predicted molar refractivity (Wildman–Crippen MR) is 82.1 cm³/mol. The van der Waals surface area contributed by atoms with Crippen molar-refractivity contribution in [2.45, 2.75) is 24.9 Å². The van der Waals surface area contributed by atoms with Gasteiger partial charge in [-0.15, -0.1) is 0 Å². The maximum absolute atomic E-state index is 4.48. The summed E-state index contributed by atoms with van der Waals surface area (Å²) in [5.74, 6) is 1.81. The summed E-state index contributed by atoms with van der Waals surface area (Å²) in [4.78, 5) is 11.4. The normalized spacial score (nSPS) is 15.7. The lowest BCUT2D eigenvalue weighted by molar-refractivity contribution is 0.352. The van der Waals surface area contributed by atoms with Crippen LogP contribution in [-0.2, 0) is 0 Å². The Morgan fingerprint density at radius 2 is 1.89 bits per heavy atom. The molecule has 0 amide bonds. The first-order chi connectivity index (χ1) is 9.31. The number of hydrogen-bond donors (Lipinski definition) is 2. The maximum Gasteiger partial charge on any atom is 0.191 e. The fourth-order valence-corrected chi connectivity index (χ4v) is 2.61. The van der Waals surface area contributed by atoms with Crippen molar-refractivity contribution in [2.24, 2.45) is 0 Å². The number of nitrogens with zero attached hydrogens (tertiary/aromatic N) is 3. The molecule has 1 fully saturated rings. The van der Waals surface area contributed by atoms with Crippen molar-refractivity contribution >= 4 is 23.4 Å². The fourth-order valence-electron chi connectivity index (χ4n) is 2.23. The zero-order valence-electron chi connectivity index (χ0n) is 11.8. The van der Waals surface area contributed by atoms with Gasteiger partial charge in [0.25, 0.3) is 0 Å². The molecule has 2 N–H and O–H groups in total. The molecule has 0 bridgehead atoms. The highest BCUT2D eigenvalue weighted by molar-refractivity contribution is 7.98. The van der Waals surface area contributed by atoms with Gasteiger partial charge in [-0.1, -0.05) is 11.8 Å². The van der Waals surface area contributed by atoms with E-state index in [1.807, 2.05) is 12.3 Å². The average molecular weight is 281 g/mol. The number of rotatable bonds is 7. The number of likely N-dealkylation sites (tertiary alicyclic amines) is 1. The van der Waals surface area contributed by atoms with Crippen LogP contribution < -0.4 is 10.6 Å². The number of aromatic nitrogens is 2. The van der Waals surface area contributed by atoms with Crippen LogP contribution in [0.15, 0.2) is 11.2 Å². The summed E-state index contributed by atoms with van der Waals surface area (Å²) in [7, 11) is 0. The van der Waals surface area contributed by atoms with E-state index in [0.29, 0.717) is 0 Å². The third-order valence-corrected chi connectivity index (χ3v) is 3.73. The summed E-state index contributed by atoms with van der Waals surface area (Å²) >= 11 is 1.57. The van der Waals surface area contributed by atoms with Gasteiger partial charge in [0, 0.05) is 25.7 Å². The van der Waals surface area contributed by atoms with Crippen LogP contribution in [0.1, 0.15) is 19.8 Å².